The van der Waals surface area contributed by atoms with Gasteiger partial charge in [0.25, 0.3) is 0 Å². The van der Waals surface area contributed by atoms with Gasteiger partial charge < -0.3 is 4.74 Å². The molecule has 18 heavy (non-hydrogen) atoms. The number of carbonyl (C=O) groups excluding carboxylic acids is 1. The fraction of sp³-hybridized carbons (Fsp3) is 0.933. The smallest absolute Gasteiger partial charge is 0.137 e. The Bertz CT molecular complexity index is 306. The number of morpholine rings is 1. The van der Waals surface area contributed by atoms with E-state index in [4.69, 9.17) is 4.74 Å². The Morgan fingerprint density at radius 2 is 1.94 bits per heavy atom. The highest BCUT2D eigenvalue weighted by Crippen LogP contribution is 2.31. The van der Waals surface area contributed by atoms with Gasteiger partial charge in [-0.15, -0.1) is 0 Å². The van der Waals surface area contributed by atoms with E-state index in [0.717, 1.165) is 44.8 Å². The topological polar surface area (TPSA) is 29.5 Å². The lowest BCUT2D eigenvalue weighted by atomic mass is 9.79. The van der Waals surface area contributed by atoms with Gasteiger partial charge in [0.2, 0.25) is 0 Å². The number of ether oxygens (including phenoxy) is 1. The molecule has 0 radical (unpaired) electrons. The summed E-state index contributed by atoms with van der Waals surface area (Å²) >= 11 is 0. The van der Waals surface area contributed by atoms with E-state index < -0.39 is 0 Å². The third-order valence-electron chi connectivity index (χ3n) is 5.05. The van der Waals surface area contributed by atoms with Crippen LogP contribution in [0.5, 0.6) is 0 Å². The van der Waals surface area contributed by atoms with Crippen LogP contribution in [0.15, 0.2) is 0 Å². The molecule has 3 rings (SSSR count). The summed E-state index contributed by atoms with van der Waals surface area (Å²) in [5.74, 6) is 1.60. The van der Waals surface area contributed by atoms with Crippen LogP contribution in [0.3, 0.4) is 0 Å². The number of Topliss-reactive ketones (excluding diaryl/α,β-unsaturated/α-hetero) is 1. The molecule has 4 atom stereocenters. The fourth-order valence-corrected chi connectivity index (χ4v) is 3.91. The minimum atomic E-state index is 0.307. The number of hydrogen-bond donors (Lipinski definition) is 0. The standard InChI is InChI=1S/C15H25NO2/c1-2-11-3-6-15(17)12(7-11)8-16-9-13-4-5-14(10-16)18-13/h11-14H,2-10H2,1H3. The number of ketones is 1. The van der Waals surface area contributed by atoms with E-state index in [2.05, 4.69) is 11.8 Å². The van der Waals surface area contributed by atoms with Crippen molar-refractivity contribution >= 4 is 5.78 Å². The van der Waals surface area contributed by atoms with Gasteiger partial charge in [0.1, 0.15) is 5.78 Å². The van der Waals surface area contributed by atoms with Crippen molar-refractivity contribution in [3.8, 4) is 0 Å². The van der Waals surface area contributed by atoms with Crippen LogP contribution in [0.25, 0.3) is 0 Å². The zero-order valence-electron chi connectivity index (χ0n) is 11.4. The molecule has 0 aromatic rings. The average molecular weight is 251 g/mol. The third-order valence-corrected chi connectivity index (χ3v) is 5.05. The minimum Gasteiger partial charge on any atom is -0.372 e. The normalized spacial score (nSPS) is 41.3. The molecular formula is C15H25NO2. The molecule has 0 aromatic heterocycles. The van der Waals surface area contributed by atoms with Crippen LogP contribution in [0.1, 0.15) is 45.4 Å². The Hall–Kier alpha value is -0.410. The Labute approximate surface area is 110 Å². The van der Waals surface area contributed by atoms with E-state index >= 15 is 0 Å². The first kappa shape index (κ1) is 12.6. The molecule has 0 spiro atoms. The largest absolute Gasteiger partial charge is 0.372 e. The number of likely N-dealkylation sites (tertiary alicyclic amines) is 1. The second-order valence-corrected chi connectivity index (χ2v) is 6.39. The molecule has 3 heteroatoms. The monoisotopic (exact) mass is 251 g/mol. The molecule has 3 fully saturated rings. The maximum atomic E-state index is 12.1. The van der Waals surface area contributed by atoms with E-state index in [1.807, 2.05) is 0 Å². The van der Waals surface area contributed by atoms with Crippen molar-refractivity contribution < 1.29 is 9.53 Å². The van der Waals surface area contributed by atoms with Crippen LogP contribution in [0.4, 0.5) is 0 Å². The summed E-state index contributed by atoms with van der Waals surface area (Å²) in [4.78, 5) is 14.5. The quantitative estimate of drug-likeness (QED) is 0.770. The van der Waals surface area contributed by atoms with E-state index in [1.165, 1.54) is 19.3 Å². The Balaban J connectivity index is 1.56. The molecule has 2 bridgehead atoms. The van der Waals surface area contributed by atoms with Gasteiger partial charge in [0, 0.05) is 32.0 Å². The molecule has 102 valence electrons. The highest BCUT2D eigenvalue weighted by Gasteiger charge is 2.36. The van der Waals surface area contributed by atoms with Crippen LogP contribution in [0.2, 0.25) is 0 Å². The Morgan fingerprint density at radius 3 is 2.61 bits per heavy atom. The summed E-state index contributed by atoms with van der Waals surface area (Å²) in [6.07, 6.45) is 7.64. The van der Waals surface area contributed by atoms with Crippen LogP contribution in [0, 0.1) is 11.8 Å². The highest BCUT2D eigenvalue weighted by atomic mass is 16.5. The van der Waals surface area contributed by atoms with Crippen LogP contribution >= 0.6 is 0 Å². The maximum Gasteiger partial charge on any atom is 0.137 e. The van der Waals surface area contributed by atoms with Crippen molar-refractivity contribution in [3.63, 3.8) is 0 Å². The van der Waals surface area contributed by atoms with Gasteiger partial charge in [0.15, 0.2) is 0 Å². The van der Waals surface area contributed by atoms with Gasteiger partial charge in [-0.05, 0) is 31.6 Å². The third kappa shape index (κ3) is 2.62. The van der Waals surface area contributed by atoms with E-state index in [-0.39, 0.29) is 0 Å². The molecule has 2 saturated heterocycles. The SMILES string of the molecule is CCC1CCC(=O)C(CN2CC3CCC(C2)O3)C1. The molecule has 4 unspecified atom stereocenters. The summed E-state index contributed by atoms with van der Waals surface area (Å²) < 4.78 is 5.86. The van der Waals surface area contributed by atoms with Crippen molar-refractivity contribution in [2.45, 2.75) is 57.7 Å². The fourth-order valence-electron chi connectivity index (χ4n) is 3.91. The van der Waals surface area contributed by atoms with E-state index in [1.54, 1.807) is 0 Å². The lowest BCUT2D eigenvalue weighted by Gasteiger charge is -2.36. The first-order chi connectivity index (χ1) is 8.74. The first-order valence-electron chi connectivity index (χ1n) is 7.65. The summed E-state index contributed by atoms with van der Waals surface area (Å²) in [5.41, 5.74) is 0. The number of hydrogen-bond acceptors (Lipinski definition) is 3. The maximum absolute atomic E-state index is 12.1. The molecule has 0 amide bonds. The number of rotatable bonds is 3. The molecule has 2 heterocycles. The van der Waals surface area contributed by atoms with Crippen molar-refractivity contribution in [2.75, 3.05) is 19.6 Å². The molecule has 0 aromatic carbocycles. The van der Waals surface area contributed by atoms with Crippen LogP contribution in [-0.4, -0.2) is 42.5 Å². The van der Waals surface area contributed by atoms with Crippen molar-refractivity contribution in [3.05, 3.63) is 0 Å². The molecule has 3 aliphatic rings. The van der Waals surface area contributed by atoms with Gasteiger partial charge in [-0.3, -0.25) is 9.69 Å². The summed E-state index contributed by atoms with van der Waals surface area (Å²) in [5, 5.41) is 0. The second-order valence-electron chi connectivity index (χ2n) is 6.39. The first-order valence-corrected chi connectivity index (χ1v) is 7.65. The molecule has 0 N–H and O–H groups in total. The van der Waals surface area contributed by atoms with Gasteiger partial charge in [0.05, 0.1) is 12.2 Å². The molecule has 1 aliphatic carbocycles. The van der Waals surface area contributed by atoms with Crippen molar-refractivity contribution in [1.29, 1.82) is 0 Å². The summed E-state index contributed by atoms with van der Waals surface area (Å²) in [6.45, 7) is 5.35. The molecular weight excluding hydrogens is 226 g/mol. The van der Waals surface area contributed by atoms with Gasteiger partial charge in [-0.25, -0.2) is 0 Å². The molecule has 3 nitrogen and oxygen atoms in total. The van der Waals surface area contributed by atoms with E-state index in [0.29, 0.717) is 23.9 Å². The number of nitrogens with zero attached hydrogens (tertiary/aromatic N) is 1. The van der Waals surface area contributed by atoms with Gasteiger partial charge >= 0.3 is 0 Å². The van der Waals surface area contributed by atoms with Gasteiger partial charge in [-0.1, -0.05) is 13.3 Å². The van der Waals surface area contributed by atoms with Crippen molar-refractivity contribution in [1.82, 2.24) is 4.90 Å². The summed E-state index contributed by atoms with van der Waals surface area (Å²) in [7, 11) is 0. The Kier molecular flexibility index (Phi) is 3.71. The molecule has 2 aliphatic heterocycles. The number of carbonyl (C=O) groups is 1. The van der Waals surface area contributed by atoms with Gasteiger partial charge in [-0.2, -0.15) is 0 Å². The second kappa shape index (κ2) is 5.30. The average Bonchev–Trinajstić information content (AvgIpc) is 2.71. The van der Waals surface area contributed by atoms with Crippen LogP contribution in [-0.2, 0) is 9.53 Å². The predicted molar refractivity (Wildman–Crippen MR) is 70.5 cm³/mol. The summed E-state index contributed by atoms with van der Waals surface area (Å²) in [6, 6.07) is 0. The zero-order valence-corrected chi connectivity index (χ0v) is 11.4. The van der Waals surface area contributed by atoms with Crippen molar-refractivity contribution in [2.24, 2.45) is 11.8 Å². The lowest BCUT2D eigenvalue weighted by molar-refractivity contribution is -0.127. The number of fused-ring (bicyclic) bond motifs is 2. The minimum absolute atomic E-state index is 0.307. The van der Waals surface area contributed by atoms with Crippen LogP contribution < -0.4 is 0 Å². The highest BCUT2D eigenvalue weighted by molar-refractivity contribution is 5.81. The molecule has 1 saturated carbocycles. The predicted octanol–water partition coefficient (Wildman–Crippen LogP) is 2.25. The zero-order chi connectivity index (χ0) is 12.5. The Morgan fingerprint density at radius 1 is 1.22 bits per heavy atom. The lowest BCUT2D eigenvalue weighted by Crippen LogP contribution is -2.46. The van der Waals surface area contributed by atoms with E-state index in [9.17, 15) is 4.79 Å².